The minimum Gasteiger partial charge on any atom is -0.497 e. The van der Waals surface area contributed by atoms with E-state index in [0.717, 1.165) is 23.7 Å². The Bertz CT molecular complexity index is 751. The summed E-state index contributed by atoms with van der Waals surface area (Å²) in [5, 5.41) is 6.78. The quantitative estimate of drug-likeness (QED) is 0.781. The van der Waals surface area contributed by atoms with E-state index in [1.165, 1.54) is 21.2 Å². The van der Waals surface area contributed by atoms with Crippen LogP contribution in [0.3, 0.4) is 0 Å². The first-order chi connectivity index (χ1) is 10.3. The van der Waals surface area contributed by atoms with E-state index in [9.17, 15) is 0 Å². The fourth-order valence-electron chi connectivity index (χ4n) is 2.45. The number of rotatable bonds is 5. The summed E-state index contributed by atoms with van der Waals surface area (Å²) in [5.41, 5.74) is 1.29. The highest BCUT2D eigenvalue weighted by Gasteiger charge is 2.07. The molecule has 3 nitrogen and oxygen atoms in total. The van der Waals surface area contributed by atoms with E-state index in [0.29, 0.717) is 0 Å². The van der Waals surface area contributed by atoms with Crippen molar-refractivity contribution in [2.75, 3.05) is 14.2 Å². The molecule has 4 heteroatoms. The van der Waals surface area contributed by atoms with Crippen molar-refractivity contribution in [1.29, 1.82) is 0 Å². The molecule has 0 fully saturated rings. The Morgan fingerprint density at radius 2 is 2.14 bits per heavy atom. The van der Waals surface area contributed by atoms with Crippen molar-refractivity contribution >= 4 is 22.1 Å². The Morgan fingerprint density at radius 3 is 2.95 bits per heavy atom. The molecule has 0 aliphatic rings. The monoisotopic (exact) mass is 298 g/mol. The van der Waals surface area contributed by atoms with Crippen LogP contribution in [0, 0.1) is 0 Å². The number of aromatic nitrogens is 1. The molecule has 1 aromatic heterocycles. The van der Waals surface area contributed by atoms with Crippen LogP contribution < -0.4 is 10.1 Å². The van der Waals surface area contributed by atoms with Gasteiger partial charge in [0.1, 0.15) is 5.75 Å². The van der Waals surface area contributed by atoms with Crippen LogP contribution in [0.2, 0.25) is 0 Å². The van der Waals surface area contributed by atoms with Gasteiger partial charge in [0, 0.05) is 24.0 Å². The number of hydrogen-bond donors (Lipinski definition) is 1. The van der Waals surface area contributed by atoms with Crippen molar-refractivity contribution in [2.45, 2.75) is 13.0 Å². The van der Waals surface area contributed by atoms with Crippen molar-refractivity contribution in [3.63, 3.8) is 0 Å². The van der Waals surface area contributed by atoms with Gasteiger partial charge in [0.2, 0.25) is 0 Å². The topological polar surface area (TPSA) is 34.2 Å². The van der Waals surface area contributed by atoms with E-state index in [1.807, 2.05) is 19.3 Å². The normalized spacial score (nSPS) is 11.0. The number of fused-ring (bicyclic) bond motifs is 1. The molecule has 1 heterocycles. The molecule has 1 N–H and O–H groups in total. The van der Waals surface area contributed by atoms with E-state index in [4.69, 9.17) is 4.74 Å². The average molecular weight is 298 g/mol. The van der Waals surface area contributed by atoms with Gasteiger partial charge in [0.25, 0.3) is 0 Å². The summed E-state index contributed by atoms with van der Waals surface area (Å²) < 4.78 is 5.34. The molecule has 0 spiro atoms. The standard InChI is InChI=1S/C17H18N2OS/c1-18-10-15-11-19-17(21-15)8-13-5-3-4-12-6-7-14(20-2)9-16(12)13/h3-7,9,11,18H,8,10H2,1-2H3. The number of methoxy groups -OCH3 is 1. The molecule has 0 aliphatic heterocycles. The molecular weight excluding hydrogens is 280 g/mol. The molecule has 3 rings (SSSR count). The highest BCUT2D eigenvalue weighted by Crippen LogP contribution is 2.26. The predicted octanol–water partition coefficient (Wildman–Crippen LogP) is 3.62. The van der Waals surface area contributed by atoms with Crippen molar-refractivity contribution in [3.8, 4) is 5.75 Å². The lowest BCUT2D eigenvalue weighted by Gasteiger charge is -2.07. The maximum Gasteiger partial charge on any atom is 0.119 e. The van der Waals surface area contributed by atoms with Crippen LogP contribution in [0.4, 0.5) is 0 Å². The largest absolute Gasteiger partial charge is 0.497 e. The zero-order valence-corrected chi connectivity index (χ0v) is 13.0. The van der Waals surface area contributed by atoms with Gasteiger partial charge in [-0.2, -0.15) is 0 Å². The van der Waals surface area contributed by atoms with E-state index >= 15 is 0 Å². The zero-order valence-electron chi connectivity index (χ0n) is 12.2. The Kier molecular flexibility index (Phi) is 4.18. The molecule has 0 bridgehead atoms. The lowest BCUT2D eigenvalue weighted by atomic mass is 10.0. The van der Waals surface area contributed by atoms with Gasteiger partial charge in [0.05, 0.1) is 12.1 Å². The maximum atomic E-state index is 5.34. The van der Waals surface area contributed by atoms with Crippen LogP contribution in [-0.4, -0.2) is 19.1 Å². The number of nitrogens with one attached hydrogen (secondary N) is 1. The zero-order chi connectivity index (χ0) is 14.7. The molecule has 0 saturated heterocycles. The molecule has 3 aromatic rings. The van der Waals surface area contributed by atoms with Crippen LogP contribution >= 0.6 is 11.3 Å². The molecule has 21 heavy (non-hydrogen) atoms. The predicted molar refractivity (Wildman–Crippen MR) is 88.2 cm³/mol. The Morgan fingerprint density at radius 1 is 1.24 bits per heavy atom. The summed E-state index contributed by atoms with van der Waals surface area (Å²) in [6.45, 7) is 0.876. The summed E-state index contributed by atoms with van der Waals surface area (Å²) in [5.74, 6) is 0.893. The van der Waals surface area contributed by atoms with Crippen LogP contribution in [-0.2, 0) is 13.0 Å². The van der Waals surface area contributed by atoms with Crippen LogP contribution in [0.25, 0.3) is 10.8 Å². The molecule has 2 aromatic carbocycles. The fourth-order valence-corrected chi connectivity index (χ4v) is 3.40. The third-order valence-electron chi connectivity index (χ3n) is 3.47. The van der Waals surface area contributed by atoms with Crippen molar-refractivity contribution in [3.05, 3.63) is 58.0 Å². The van der Waals surface area contributed by atoms with E-state index in [1.54, 1.807) is 18.4 Å². The second-order valence-electron chi connectivity index (χ2n) is 4.93. The minimum absolute atomic E-state index is 0.860. The summed E-state index contributed by atoms with van der Waals surface area (Å²) in [4.78, 5) is 5.80. The summed E-state index contributed by atoms with van der Waals surface area (Å²) >= 11 is 1.77. The molecule has 0 aliphatic carbocycles. The van der Waals surface area contributed by atoms with Crippen LogP contribution in [0.15, 0.2) is 42.6 Å². The van der Waals surface area contributed by atoms with Gasteiger partial charge in [0.15, 0.2) is 0 Å². The maximum absolute atomic E-state index is 5.34. The Labute approximate surface area is 128 Å². The second kappa shape index (κ2) is 6.24. The first kappa shape index (κ1) is 14.0. The molecule has 108 valence electrons. The van der Waals surface area contributed by atoms with Crippen molar-refractivity contribution < 1.29 is 4.74 Å². The number of ether oxygens (including phenoxy) is 1. The number of nitrogens with zero attached hydrogens (tertiary/aromatic N) is 1. The van der Waals surface area contributed by atoms with Gasteiger partial charge in [-0.3, -0.25) is 0 Å². The Hall–Kier alpha value is -1.91. The second-order valence-corrected chi connectivity index (χ2v) is 6.13. The van der Waals surface area contributed by atoms with Crippen molar-refractivity contribution in [1.82, 2.24) is 10.3 Å². The minimum atomic E-state index is 0.860. The number of thiazole rings is 1. The third-order valence-corrected chi connectivity index (χ3v) is 4.47. The first-order valence-electron chi connectivity index (χ1n) is 6.94. The van der Waals surface area contributed by atoms with Gasteiger partial charge < -0.3 is 10.1 Å². The fraction of sp³-hybridized carbons (Fsp3) is 0.235. The summed E-state index contributed by atoms with van der Waals surface area (Å²) in [6.07, 6.45) is 2.82. The average Bonchev–Trinajstić information content (AvgIpc) is 2.95. The lowest BCUT2D eigenvalue weighted by molar-refractivity contribution is 0.415. The molecule has 0 unspecified atom stereocenters. The van der Waals surface area contributed by atoms with Gasteiger partial charge in [-0.15, -0.1) is 11.3 Å². The number of hydrogen-bond acceptors (Lipinski definition) is 4. The highest BCUT2D eigenvalue weighted by molar-refractivity contribution is 7.11. The van der Waals surface area contributed by atoms with Crippen LogP contribution in [0.5, 0.6) is 5.75 Å². The van der Waals surface area contributed by atoms with Crippen LogP contribution in [0.1, 0.15) is 15.4 Å². The van der Waals surface area contributed by atoms with Gasteiger partial charge in [-0.25, -0.2) is 4.98 Å². The number of benzene rings is 2. The van der Waals surface area contributed by atoms with Crippen molar-refractivity contribution in [2.24, 2.45) is 0 Å². The van der Waals surface area contributed by atoms with E-state index < -0.39 is 0 Å². The molecule has 0 atom stereocenters. The summed E-state index contributed by atoms with van der Waals surface area (Å²) in [7, 11) is 3.66. The van der Waals surface area contributed by atoms with Gasteiger partial charge in [-0.1, -0.05) is 24.3 Å². The highest BCUT2D eigenvalue weighted by atomic mass is 32.1. The SMILES string of the molecule is CNCc1cnc(Cc2cccc3ccc(OC)cc23)s1. The first-order valence-corrected chi connectivity index (χ1v) is 7.75. The summed E-state index contributed by atoms with van der Waals surface area (Å²) in [6, 6.07) is 12.6. The van der Waals surface area contributed by atoms with Gasteiger partial charge in [-0.05, 0) is 35.5 Å². The van der Waals surface area contributed by atoms with E-state index in [-0.39, 0.29) is 0 Å². The third kappa shape index (κ3) is 3.06. The molecule has 0 saturated carbocycles. The van der Waals surface area contributed by atoms with Gasteiger partial charge >= 0.3 is 0 Å². The smallest absolute Gasteiger partial charge is 0.119 e. The Balaban J connectivity index is 1.95. The lowest BCUT2D eigenvalue weighted by Crippen LogP contribution is -2.02. The van der Waals surface area contributed by atoms with E-state index in [2.05, 4.69) is 40.6 Å². The molecule has 0 radical (unpaired) electrons. The molecule has 0 amide bonds. The molecular formula is C17H18N2OS.